The quantitative estimate of drug-likeness (QED) is 0.394. The molecule has 3 aromatic carbocycles. The highest BCUT2D eigenvalue weighted by Crippen LogP contribution is 2.22. The molecule has 0 radical (unpaired) electrons. The van der Waals surface area contributed by atoms with E-state index in [2.05, 4.69) is 88.7 Å². The molecule has 0 fully saturated rings. The highest BCUT2D eigenvalue weighted by Gasteiger charge is 2.08. The van der Waals surface area contributed by atoms with E-state index < -0.39 is 0 Å². The number of nitrogens with one attached hydrogen (secondary N) is 1. The predicted molar refractivity (Wildman–Crippen MR) is 120 cm³/mol. The van der Waals surface area contributed by atoms with E-state index in [1.54, 1.807) is 7.11 Å². The molecular formula is C26H28N2O. The standard InChI is InChI=1S/C26H28N2O/c1-29-25-14-15-26-23(18-25)17-24(27-26)13-8-16-28(19-21-9-4-2-5-10-21)20-22-11-6-3-7-12-22/h2-7,9-12,14-15,17-18,27H,8,13,16,19-20H2,1H3. The Morgan fingerprint density at radius 1 is 0.793 bits per heavy atom. The van der Waals surface area contributed by atoms with Gasteiger partial charge >= 0.3 is 0 Å². The zero-order chi connectivity index (χ0) is 19.9. The van der Waals surface area contributed by atoms with Crippen LogP contribution in [0.1, 0.15) is 23.2 Å². The van der Waals surface area contributed by atoms with Crippen molar-refractivity contribution in [1.82, 2.24) is 9.88 Å². The summed E-state index contributed by atoms with van der Waals surface area (Å²) in [5, 5.41) is 1.21. The van der Waals surface area contributed by atoms with Gasteiger partial charge in [-0.15, -0.1) is 0 Å². The molecule has 3 heteroatoms. The van der Waals surface area contributed by atoms with Gasteiger partial charge in [-0.05, 0) is 54.8 Å². The van der Waals surface area contributed by atoms with Crippen molar-refractivity contribution in [2.45, 2.75) is 25.9 Å². The van der Waals surface area contributed by atoms with Crippen molar-refractivity contribution in [1.29, 1.82) is 0 Å². The first kappa shape index (κ1) is 19.3. The summed E-state index contributed by atoms with van der Waals surface area (Å²) < 4.78 is 5.34. The normalized spacial score (nSPS) is 11.2. The number of hydrogen-bond acceptors (Lipinski definition) is 2. The number of aromatic amines is 1. The minimum atomic E-state index is 0.903. The predicted octanol–water partition coefficient (Wildman–Crippen LogP) is 5.81. The molecule has 0 bridgehead atoms. The summed E-state index contributed by atoms with van der Waals surface area (Å²) >= 11 is 0. The number of ether oxygens (including phenoxy) is 1. The van der Waals surface area contributed by atoms with E-state index in [4.69, 9.17) is 4.74 Å². The highest BCUT2D eigenvalue weighted by atomic mass is 16.5. The molecule has 0 spiro atoms. The van der Waals surface area contributed by atoms with Crippen molar-refractivity contribution in [2.24, 2.45) is 0 Å². The third-order valence-electron chi connectivity index (χ3n) is 5.30. The average molecular weight is 385 g/mol. The van der Waals surface area contributed by atoms with Gasteiger partial charge in [0, 0.05) is 29.7 Å². The van der Waals surface area contributed by atoms with Gasteiger partial charge in [0.05, 0.1) is 7.11 Å². The van der Waals surface area contributed by atoms with E-state index in [0.29, 0.717) is 0 Å². The molecule has 4 aromatic rings. The molecule has 0 aliphatic heterocycles. The molecule has 0 saturated carbocycles. The maximum absolute atomic E-state index is 5.34. The van der Waals surface area contributed by atoms with Crippen molar-refractivity contribution < 1.29 is 4.74 Å². The lowest BCUT2D eigenvalue weighted by Crippen LogP contribution is -2.24. The van der Waals surface area contributed by atoms with Crippen LogP contribution >= 0.6 is 0 Å². The van der Waals surface area contributed by atoms with Crippen molar-refractivity contribution in [2.75, 3.05) is 13.7 Å². The van der Waals surface area contributed by atoms with Gasteiger partial charge in [0.15, 0.2) is 0 Å². The molecule has 0 saturated heterocycles. The van der Waals surface area contributed by atoms with E-state index in [1.165, 1.54) is 27.7 Å². The number of rotatable bonds is 9. The van der Waals surface area contributed by atoms with Crippen LogP contribution in [0, 0.1) is 0 Å². The summed E-state index contributed by atoms with van der Waals surface area (Å²) in [7, 11) is 1.71. The Balaban J connectivity index is 1.40. The van der Waals surface area contributed by atoms with Gasteiger partial charge in [0.2, 0.25) is 0 Å². The van der Waals surface area contributed by atoms with Crippen LogP contribution in [-0.4, -0.2) is 23.5 Å². The van der Waals surface area contributed by atoms with Gasteiger partial charge in [-0.2, -0.15) is 0 Å². The van der Waals surface area contributed by atoms with Gasteiger partial charge in [-0.25, -0.2) is 0 Å². The Morgan fingerprint density at radius 3 is 2.07 bits per heavy atom. The summed E-state index contributed by atoms with van der Waals surface area (Å²) in [6.45, 7) is 3.00. The zero-order valence-corrected chi connectivity index (χ0v) is 17.0. The number of nitrogens with zero attached hydrogens (tertiary/aromatic N) is 1. The smallest absolute Gasteiger partial charge is 0.119 e. The number of hydrogen-bond donors (Lipinski definition) is 1. The van der Waals surface area contributed by atoms with Crippen LogP contribution in [0.2, 0.25) is 0 Å². The summed E-state index contributed by atoms with van der Waals surface area (Å²) in [5.41, 5.74) is 5.18. The minimum absolute atomic E-state index is 0.903. The first-order valence-corrected chi connectivity index (χ1v) is 10.3. The molecule has 1 N–H and O–H groups in total. The van der Waals surface area contributed by atoms with Crippen LogP contribution in [0.25, 0.3) is 10.9 Å². The van der Waals surface area contributed by atoms with Crippen molar-refractivity contribution >= 4 is 10.9 Å². The van der Waals surface area contributed by atoms with Gasteiger partial charge in [0.25, 0.3) is 0 Å². The van der Waals surface area contributed by atoms with Gasteiger partial charge in [0.1, 0.15) is 5.75 Å². The van der Waals surface area contributed by atoms with Crippen molar-refractivity contribution in [3.05, 3.63) is 102 Å². The SMILES string of the molecule is COc1ccc2[nH]c(CCCN(Cc3ccccc3)Cc3ccccc3)cc2c1. The largest absolute Gasteiger partial charge is 0.497 e. The number of aryl methyl sites for hydroxylation is 1. The van der Waals surface area contributed by atoms with E-state index in [0.717, 1.165) is 38.2 Å². The van der Waals surface area contributed by atoms with Gasteiger partial charge in [-0.1, -0.05) is 60.7 Å². The van der Waals surface area contributed by atoms with Gasteiger partial charge < -0.3 is 9.72 Å². The molecule has 1 aromatic heterocycles. The van der Waals surface area contributed by atoms with Crippen LogP contribution in [0.15, 0.2) is 84.9 Å². The van der Waals surface area contributed by atoms with E-state index >= 15 is 0 Å². The molecule has 0 aliphatic carbocycles. The molecule has 4 rings (SSSR count). The van der Waals surface area contributed by atoms with Gasteiger partial charge in [-0.3, -0.25) is 4.90 Å². The summed E-state index contributed by atoms with van der Waals surface area (Å²) in [6.07, 6.45) is 2.15. The molecule has 0 unspecified atom stereocenters. The number of fused-ring (bicyclic) bond motifs is 1. The Bertz CT molecular complexity index is 983. The second-order valence-electron chi connectivity index (χ2n) is 7.53. The fourth-order valence-electron chi connectivity index (χ4n) is 3.82. The molecule has 1 heterocycles. The number of H-pyrrole nitrogens is 1. The number of aromatic nitrogens is 1. The number of methoxy groups -OCH3 is 1. The lowest BCUT2D eigenvalue weighted by atomic mass is 10.1. The summed E-state index contributed by atoms with van der Waals surface area (Å²) in [4.78, 5) is 6.08. The summed E-state index contributed by atoms with van der Waals surface area (Å²) in [6, 6.07) is 29.9. The first-order valence-electron chi connectivity index (χ1n) is 10.3. The minimum Gasteiger partial charge on any atom is -0.497 e. The monoisotopic (exact) mass is 384 g/mol. The fraction of sp³-hybridized carbons (Fsp3) is 0.231. The number of benzene rings is 3. The lowest BCUT2D eigenvalue weighted by molar-refractivity contribution is 0.253. The molecule has 3 nitrogen and oxygen atoms in total. The van der Waals surface area contributed by atoms with Crippen LogP contribution < -0.4 is 4.74 Å². The molecule has 29 heavy (non-hydrogen) atoms. The molecular weight excluding hydrogens is 356 g/mol. The molecule has 148 valence electrons. The maximum atomic E-state index is 5.34. The van der Waals surface area contributed by atoms with Crippen LogP contribution in [0.3, 0.4) is 0 Å². The maximum Gasteiger partial charge on any atom is 0.119 e. The Hall–Kier alpha value is -3.04. The fourth-order valence-corrected chi connectivity index (χ4v) is 3.82. The average Bonchev–Trinajstić information content (AvgIpc) is 3.17. The first-order chi connectivity index (χ1) is 14.3. The summed E-state index contributed by atoms with van der Waals surface area (Å²) in [5.74, 6) is 0.903. The van der Waals surface area contributed by atoms with Crippen molar-refractivity contribution in [3.8, 4) is 5.75 Å². The van der Waals surface area contributed by atoms with Crippen LogP contribution in [-0.2, 0) is 19.5 Å². The Labute approximate surface area is 172 Å². The van der Waals surface area contributed by atoms with Crippen molar-refractivity contribution in [3.63, 3.8) is 0 Å². The lowest BCUT2D eigenvalue weighted by Gasteiger charge is -2.22. The topological polar surface area (TPSA) is 28.3 Å². The molecule has 0 atom stereocenters. The highest BCUT2D eigenvalue weighted by molar-refractivity contribution is 5.81. The van der Waals surface area contributed by atoms with Crippen LogP contribution in [0.4, 0.5) is 0 Å². The van der Waals surface area contributed by atoms with E-state index in [1.807, 2.05) is 6.07 Å². The zero-order valence-electron chi connectivity index (χ0n) is 17.0. The molecule has 0 amide bonds. The van der Waals surface area contributed by atoms with Crippen LogP contribution in [0.5, 0.6) is 5.75 Å². The third-order valence-corrected chi connectivity index (χ3v) is 5.30. The Kier molecular flexibility index (Phi) is 6.28. The third kappa shape index (κ3) is 5.27. The Morgan fingerprint density at radius 2 is 1.45 bits per heavy atom. The second kappa shape index (κ2) is 9.44. The molecule has 0 aliphatic rings. The van der Waals surface area contributed by atoms with E-state index in [9.17, 15) is 0 Å². The second-order valence-corrected chi connectivity index (χ2v) is 7.53. The van der Waals surface area contributed by atoms with E-state index in [-0.39, 0.29) is 0 Å².